The molecule has 0 saturated carbocycles. The molecule has 0 aromatic carbocycles. The summed E-state index contributed by atoms with van der Waals surface area (Å²) in [6, 6.07) is 0. The molecule has 1 N–H and O–H groups in total. The van der Waals surface area contributed by atoms with E-state index in [1.807, 2.05) is 0 Å². The molecule has 90 valence electrons. The average molecular weight is 230 g/mol. The summed E-state index contributed by atoms with van der Waals surface area (Å²) in [7, 11) is 0. The number of aliphatic hydroxyl groups excluding tert-OH is 1. The Bertz CT molecular complexity index is 267. The lowest BCUT2D eigenvalue weighted by atomic mass is 10.4. The monoisotopic (exact) mass is 230 g/mol. The van der Waals surface area contributed by atoms with Gasteiger partial charge in [0.2, 0.25) is 0 Å². The topological polar surface area (TPSA) is 89.9 Å². The minimum absolute atomic E-state index is 0.0326. The lowest BCUT2D eigenvalue weighted by Crippen LogP contribution is -2.13. The molecule has 1 aliphatic rings. The van der Waals surface area contributed by atoms with Gasteiger partial charge in [0, 0.05) is 6.08 Å². The Kier molecular flexibility index (Phi) is 6.78. The highest BCUT2D eigenvalue weighted by molar-refractivity contribution is 5.92. The summed E-state index contributed by atoms with van der Waals surface area (Å²) < 4.78 is 8.53. The van der Waals surface area contributed by atoms with E-state index in [9.17, 15) is 14.4 Å². The predicted octanol–water partition coefficient (Wildman–Crippen LogP) is -0.0536. The summed E-state index contributed by atoms with van der Waals surface area (Å²) in [6.07, 6.45) is 0.981. The smallest absolute Gasteiger partial charge is 0.330 e. The Morgan fingerprint density at radius 3 is 2.31 bits per heavy atom. The summed E-state index contributed by atoms with van der Waals surface area (Å²) in [5, 5.41) is 8.59. The Hall–Kier alpha value is -1.69. The first kappa shape index (κ1) is 14.3. The van der Waals surface area contributed by atoms with Crippen LogP contribution in [0.15, 0.2) is 12.7 Å². The second-order valence-electron chi connectivity index (χ2n) is 3.03. The van der Waals surface area contributed by atoms with Crippen LogP contribution in [0.25, 0.3) is 0 Å². The van der Waals surface area contributed by atoms with E-state index in [1.165, 1.54) is 6.92 Å². The normalized spacial score (nSPS) is 15.6. The maximum atomic E-state index is 10.3. The van der Waals surface area contributed by atoms with E-state index in [4.69, 9.17) is 5.11 Å². The van der Waals surface area contributed by atoms with Crippen molar-refractivity contribution >= 4 is 17.9 Å². The average Bonchev–Trinajstić information content (AvgIpc) is 2.59. The molecule has 1 unspecified atom stereocenters. The van der Waals surface area contributed by atoms with Crippen molar-refractivity contribution in [3.63, 3.8) is 0 Å². The lowest BCUT2D eigenvalue weighted by molar-refractivity contribution is -0.152. The first-order valence-corrected chi connectivity index (χ1v) is 4.66. The number of hydrogen-bond donors (Lipinski definition) is 1. The highest BCUT2D eigenvalue weighted by Crippen LogP contribution is 2.03. The molecule has 0 aromatic heterocycles. The largest absolute Gasteiger partial charge is 0.460 e. The zero-order chi connectivity index (χ0) is 12.6. The SMILES string of the molecule is C=CC(=O)OCC(C)O.O=C1CCC(=O)O1. The van der Waals surface area contributed by atoms with Gasteiger partial charge in [-0.25, -0.2) is 4.79 Å². The van der Waals surface area contributed by atoms with Crippen LogP contribution in [0.2, 0.25) is 0 Å². The molecule has 16 heavy (non-hydrogen) atoms. The number of cyclic esters (lactones) is 2. The van der Waals surface area contributed by atoms with Crippen LogP contribution in [0.5, 0.6) is 0 Å². The molecule has 0 amide bonds. The lowest BCUT2D eigenvalue weighted by Gasteiger charge is -2.02. The number of hydrogen-bond acceptors (Lipinski definition) is 6. The summed E-state index contributed by atoms with van der Waals surface area (Å²) in [4.78, 5) is 30.3. The van der Waals surface area contributed by atoms with E-state index in [0.717, 1.165) is 6.08 Å². The first-order valence-electron chi connectivity index (χ1n) is 4.66. The number of ether oxygens (including phenoxy) is 2. The molecular weight excluding hydrogens is 216 g/mol. The highest BCUT2D eigenvalue weighted by Gasteiger charge is 2.19. The fraction of sp³-hybridized carbons (Fsp3) is 0.500. The number of carbonyl (C=O) groups excluding carboxylic acids is 3. The van der Waals surface area contributed by atoms with Gasteiger partial charge in [0.05, 0.1) is 18.9 Å². The number of carbonyl (C=O) groups is 3. The predicted molar refractivity (Wildman–Crippen MR) is 53.2 cm³/mol. The van der Waals surface area contributed by atoms with Gasteiger partial charge in [-0.15, -0.1) is 0 Å². The molecule has 1 saturated heterocycles. The van der Waals surface area contributed by atoms with Crippen LogP contribution >= 0.6 is 0 Å². The Balaban J connectivity index is 0.000000288. The van der Waals surface area contributed by atoms with Crippen molar-refractivity contribution < 1.29 is 29.0 Å². The van der Waals surface area contributed by atoms with Crippen LogP contribution in [0.4, 0.5) is 0 Å². The zero-order valence-corrected chi connectivity index (χ0v) is 8.97. The second-order valence-corrected chi connectivity index (χ2v) is 3.03. The number of aliphatic hydroxyl groups is 1. The maximum absolute atomic E-state index is 10.3. The summed E-state index contributed by atoms with van der Waals surface area (Å²) >= 11 is 0. The fourth-order valence-corrected chi connectivity index (χ4v) is 0.695. The number of esters is 3. The third kappa shape index (κ3) is 7.69. The van der Waals surface area contributed by atoms with Crippen molar-refractivity contribution in [1.82, 2.24) is 0 Å². The Morgan fingerprint density at radius 2 is 2.06 bits per heavy atom. The van der Waals surface area contributed by atoms with Gasteiger partial charge in [0.1, 0.15) is 6.61 Å². The van der Waals surface area contributed by atoms with Crippen LogP contribution in [-0.4, -0.2) is 35.7 Å². The molecule has 6 nitrogen and oxygen atoms in total. The third-order valence-electron chi connectivity index (χ3n) is 1.39. The van der Waals surface area contributed by atoms with Crippen LogP contribution in [0, 0.1) is 0 Å². The summed E-state index contributed by atoms with van der Waals surface area (Å²) in [5.74, 6) is -1.30. The molecule has 0 spiro atoms. The van der Waals surface area contributed by atoms with Crippen molar-refractivity contribution in [3.8, 4) is 0 Å². The summed E-state index contributed by atoms with van der Waals surface area (Å²) in [5.41, 5.74) is 0. The Morgan fingerprint density at radius 1 is 1.56 bits per heavy atom. The van der Waals surface area contributed by atoms with Gasteiger partial charge in [-0.2, -0.15) is 0 Å². The van der Waals surface area contributed by atoms with E-state index < -0.39 is 24.0 Å². The maximum Gasteiger partial charge on any atom is 0.330 e. The molecule has 0 aliphatic carbocycles. The van der Waals surface area contributed by atoms with Crippen molar-refractivity contribution in [2.24, 2.45) is 0 Å². The van der Waals surface area contributed by atoms with Gasteiger partial charge < -0.3 is 14.6 Å². The van der Waals surface area contributed by atoms with Crippen LogP contribution in [-0.2, 0) is 23.9 Å². The molecule has 6 heteroatoms. The molecule has 0 radical (unpaired) electrons. The van der Waals surface area contributed by atoms with Crippen LogP contribution < -0.4 is 0 Å². The van der Waals surface area contributed by atoms with Gasteiger partial charge >= 0.3 is 17.9 Å². The molecule has 0 bridgehead atoms. The molecule has 1 aliphatic heterocycles. The molecule has 1 atom stereocenters. The molecule has 1 rings (SSSR count). The van der Waals surface area contributed by atoms with Gasteiger partial charge in [-0.05, 0) is 6.92 Å². The van der Waals surface area contributed by atoms with Crippen molar-refractivity contribution in [1.29, 1.82) is 0 Å². The van der Waals surface area contributed by atoms with Gasteiger partial charge in [-0.3, -0.25) is 9.59 Å². The second kappa shape index (κ2) is 7.58. The minimum atomic E-state index is -0.603. The highest BCUT2D eigenvalue weighted by atomic mass is 16.6. The summed E-state index contributed by atoms with van der Waals surface area (Å²) in [6.45, 7) is 4.75. The van der Waals surface area contributed by atoms with Gasteiger partial charge in [0.15, 0.2) is 0 Å². The number of rotatable bonds is 3. The van der Waals surface area contributed by atoms with E-state index in [-0.39, 0.29) is 19.4 Å². The van der Waals surface area contributed by atoms with E-state index in [2.05, 4.69) is 16.1 Å². The standard InChI is InChI=1S/C6H10O3.C4H4O3/c1-3-6(8)9-4-5(2)7;5-3-1-2-4(6)7-3/h3,5,7H,1,4H2,2H3;1-2H2. The van der Waals surface area contributed by atoms with E-state index in [0.29, 0.717) is 0 Å². The fourth-order valence-electron chi connectivity index (χ4n) is 0.695. The quantitative estimate of drug-likeness (QED) is 0.415. The zero-order valence-electron chi connectivity index (χ0n) is 8.97. The van der Waals surface area contributed by atoms with Crippen LogP contribution in [0.3, 0.4) is 0 Å². The molecule has 1 heterocycles. The van der Waals surface area contributed by atoms with Crippen molar-refractivity contribution in [3.05, 3.63) is 12.7 Å². The van der Waals surface area contributed by atoms with Gasteiger partial charge in [0.25, 0.3) is 0 Å². The van der Waals surface area contributed by atoms with Crippen molar-refractivity contribution in [2.75, 3.05) is 6.61 Å². The van der Waals surface area contributed by atoms with E-state index in [1.54, 1.807) is 0 Å². The minimum Gasteiger partial charge on any atom is -0.460 e. The van der Waals surface area contributed by atoms with E-state index >= 15 is 0 Å². The molecule has 1 fully saturated rings. The van der Waals surface area contributed by atoms with Crippen molar-refractivity contribution in [2.45, 2.75) is 25.9 Å². The van der Waals surface area contributed by atoms with Crippen LogP contribution in [0.1, 0.15) is 19.8 Å². The first-order chi connectivity index (χ1) is 7.45. The molecule has 0 aromatic rings. The molecular formula is C10H14O6. The van der Waals surface area contributed by atoms with Gasteiger partial charge in [-0.1, -0.05) is 6.58 Å². The Labute approximate surface area is 92.8 Å². The third-order valence-corrected chi connectivity index (χ3v) is 1.39.